The minimum Gasteiger partial charge on any atom is -0.477 e. The number of thiophene rings is 1. The molecule has 1 aliphatic heterocycles. The number of carbonyl (C=O) groups is 2. The molecule has 0 saturated heterocycles. The zero-order valence-corrected chi connectivity index (χ0v) is 14.8. The summed E-state index contributed by atoms with van der Waals surface area (Å²) in [5.41, 5.74) is 1.84. The first-order valence-corrected chi connectivity index (χ1v) is 8.75. The second kappa shape index (κ2) is 6.65. The highest BCUT2D eigenvalue weighted by atomic mass is 32.1. The highest BCUT2D eigenvalue weighted by Gasteiger charge is 2.34. The topological polar surface area (TPSA) is 58.6 Å². The van der Waals surface area contributed by atoms with Crippen LogP contribution in [0.5, 0.6) is 5.75 Å². The molecule has 0 spiro atoms. The summed E-state index contributed by atoms with van der Waals surface area (Å²) in [6, 6.07) is 9.24. The molecule has 0 bridgehead atoms. The van der Waals surface area contributed by atoms with Gasteiger partial charge in [-0.25, -0.2) is 0 Å². The van der Waals surface area contributed by atoms with Gasteiger partial charge in [0.05, 0.1) is 17.1 Å². The highest BCUT2D eigenvalue weighted by molar-refractivity contribution is 7.14. The Kier molecular flexibility index (Phi) is 4.57. The molecule has 2 aromatic rings. The standard InChI is InChI=1S/C18H20N2O3S/c1-4-15-11(2)9-16(24-15)18(22)20-10-14(17(21)19-3)23-13-8-6-5-7-12(13)20/h5-9,14H,4,10H2,1-3H3,(H,19,21)/t14-/m0/s1. The first kappa shape index (κ1) is 16.5. The van der Waals surface area contributed by atoms with Crippen molar-refractivity contribution in [3.63, 3.8) is 0 Å². The molecule has 1 aliphatic rings. The fourth-order valence-electron chi connectivity index (χ4n) is 2.83. The lowest BCUT2D eigenvalue weighted by Gasteiger charge is -2.33. The van der Waals surface area contributed by atoms with E-state index < -0.39 is 6.10 Å². The van der Waals surface area contributed by atoms with Crippen molar-refractivity contribution in [3.8, 4) is 5.75 Å². The van der Waals surface area contributed by atoms with Crippen molar-refractivity contribution in [1.29, 1.82) is 0 Å². The summed E-state index contributed by atoms with van der Waals surface area (Å²) in [4.78, 5) is 28.6. The number of ether oxygens (including phenoxy) is 1. The summed E-state index contributed by atoms with van der Waals surface area (Å²) >= 11 is 1.52. The van der Waals surface area contributed by atoms with Crippen LogP contribution in [0.1, 0.15) is 27.0 Å². The minimum atomic E-state index is -0.708. The van der Waals surface area contributed by atoms with Crippen molar-refractivity contribution in [2.75, 3.05) is 18.5 Å². The molecule has 1 atom stereocenters. The van der Waals surface area contributed by atoms with Crippen molar-refractivity contribution < 1.29 is 14.3 Å². The number of hydrogen-bond acceptors (Lipinski definition) is 4. The molecular weight excluding hydrogens is 324 g/mol. The maximum absolute atomic E-state index is 13.0. The number of hydrogen-bond donors (Lipinski definition) is 1. The molecule has 1 aromatic heterocycles. The summed E-state index contributed by atoms with van der Waals surface area (Å²) in [6.07, 6.45) is 0.199. The van der Waals surface area contributed by atoms with E-state index in [0.717, 1.165) is 12.0 Å². The number of rotatable bonds is 3. The molecule has 0 aliphatic carbocycles. The van der Waals surface area contributed by atoms with Crippen LogP contribution in [-0.4, -0.2) is 31.5 Å². The summed E-state index contributed by atoms with van der Waals surface area (Å²) in [5, 5.41) is 2.59. The Morgan fingerprint density at radius 1 is 1.38 bits per heavy atom. The van der Waals surface area contributed by atoms with Gasteiger partial charge < -0.3 is 10.1 Å². The minimum absolute atomic E-state index is 0.0903. The normalized spacial score (nSPS) is 16.3. The van der Waals surface area contributed by atoms with Crippen LogP contribution in [0.2, 0.25) is 0 Å². The fraction of sp³-hybridized carbons (Fsp3) is 0.333. The Balaban J connectivity index is 1.98. The molecule has 0 unspecified atom stereocenters. The van der Waals surface area contributed by atoms with E-state index in [1.165, 1.54) is 16.2 Å². The Morgan fingerprint density at radius 3 is 2.79 bits per heavy atom. The number of anilines is 1. The molecule has 2 amide bonds. The summed E-state index contributed by atoms with van der Waals surface area (Å²) in [5.74, 6) is 0.223. The van der Waals surface area contributed by atoms with Gasteiger partial charge >= 0.3 is 0 Å². The molecule has 2 heterocycles. The predicted octanol–water partition coefficient (Wildman–Crippen LogP) is 2.77. The van der Waals surface area contributed by atoms with Crippen molar-refractivity contribution in [3.05, 3.63) is 45.6 Å². The van der Waals surface area contributed by atoms with E-state index in [9.17, 15) is 9.59 Å². The lowest BCUT2D eigenvalue weighted by atomic mass is 10.1. The van der Waals surface area contributed by atoms with Gasteiger partial charge in [-0.3, -0.25) is 14.5 Å². The van der Waals surface area contributed by atoms with Crippen LogP contribution >= 0.6 is 11.3 Å². The zero-order chi connectivity index (χ0) is 17.3. The maximum atomic E-state index is 13.0. The second-order valence-electron chi connectivity index (χ2n) is 5.67. The highest BCUT2D eigenvalue weighted by Crippen LogP contribution is 2.35. The van der Waals surface area contributed by atoms with Crippen molar-refractivity contribution in [2.24, 2.45) is 0 Å². The Morgan fingerprint density at radius 2 is 2.12 bits per heavy atom. The lowest BCUT2D eigenvalue weighted by molar-refractivity contribution is -0.127. The van der Waals surface area contributed by atoms with E-state index in [1.54, 1.807) is 18.0 Å². The number of para-hydroxylation sites is 2. The molecule has 1 N–H and O–H groups in total. The summed E-state index contributed by atoms with van der Waals surface area (Å²) < 4.78 is 5.75. The van der Waals surface area contributed by atoms with E-state index in [1.807, 2.05) is 31.2 Å². The third kappa shape index (κ3) is 2.89. The molecule has 6 heteroatoms. The van der Waals surface area contributed by atoms with Crippen molar-refractivity contribution >= 4 is 28.8 Å². The molecule has 126 valence electrons. The number of aryl methyl sites for hydroxylation is 2. The van der Waals surface area contributed by atoms with Gasteiger partial charge in [-0.1, -0.05) is 19.1 Å². The fourth-order valence-corrected chi connectivity index (χ4v) is 3.90. The second-order valence-corrected chi connectivity index (χ2v) is 6.81. The predicted molar refractivity (Wildman–Crippen MR) is 95.0 cm³/mol. The molecular formula is C18H20N2O3S. The largest absolute Gasteiger partial charge is 0.477 e. The van der Waals surface area contributed by atoms with Gasteiger partial charge in [-0.15, -0.1) is 11.3 Å². The first-order valence-electron chi connectivity index (χ1n) is 7.93. The number of amides is 2. The van der Waals surface area contributed by atoms with Crippen molar-refractivity contribution in [1.82, 2.24) is 5.32 Å². The van der Waals surface area contributed by atoms with E-state index >= 15 is 0 Å². The van der Waals surface area contributed by atoms with Gasteiger partial charge in [0.1, 0.15) is 5.75 Å². The molecule has 5 nitrogen and oxygen atoms in total. The van der Waals surface area contributed by atoms with Crippen LogP contribution < -0.4 is 15.0 Å². The Hall–Kier alpha value is -2.34. The number of carbonyl (C=O) groups excluding carboxylic acids is 2. The van der Waals surface area contributed by atoms with Crippen LogP contribution in [0.15, 0.2) is 30.3 Å². The SMILES string of the molecule is CCc1sc(C(=O)N2C[C@@H](C(=O)NC)Oc3ccccc32)cc1C. The molecule has 1 aromatic carbocycles. The average Bonchev–Trinajstić information content (AvgIpc) is 3.00. The maximum Gasteiger partial charge on any atom is 0.268 e. The van der Waals surface area contributed by atoms with Gasteiger partial charge in [0.15, 0.2) is 6.10 Å². The van der Waals surface area contributed by atoms with Crippen LogP contribution in [0.25, 0.3) is 0 Å². The third-order valence-electron chi connectivity index (χ3n) is 4.11. The molecule has 3 rings (SSSR count). The molecule has 24 heavy (non-hydrogen) atoms. The van der Waals surface area contributed by atoms with Gasteiger partial charge in [-0.2, -0.15) is 0 Å². The van der Waals surface area contributed by atoms with Crippen LogP contribution in [0.4, 0.5) is 5.69 Å². The summed E-state index contributed by atoms with van der Waals surface area (Å²) in [7, 11) is 1.56. The molecule has 0 radical (unpaired) electrons. The lowest BCUT2D eigenvalue weighted by Crippen LogP contribution is -2.50. The number of nitrogens with zero attached hydrogens (tertiary/aromatic N) is 1. The van der Waals surface area contributed by atoms with Crippen LogP contribution in [-0.2, 0) is 11.2 Å². The van der Waals surface area contributed by atoms with Crippen LogP contribution in [0, 0.1) is 6.92 Å². The van der Waals surface area contributed by atoms with E-state index in [2.05, 4.69) is 12.2 Å². The molecule has 0 saturated carbocycles. The third-order valence-corrected chi connectivity index (χ3v) is 5.48. The van der Waals surface area contributed by atoms with Gasteiger partial charge in [-0.05, 0) is 37.1 Å². The number of fused-ring (bicyclic) bond motifs is 1. The Labute approximate surface area is 145 Å². The Bertz CT molecular complexity index is 784. The first-order chi connectivity index (χ1) is 11.5. The van der Waals surface area contributed by atoms with Gasteiger partial charge in [0.2, 0.25) is 0 Å². The van der Waals surface area contributed by atoms with E-state index in [0.29, 0.717) is 16.3 Å². The quantitative estimate of drug-likeness (QED) is 0.931. The summed E-state index contributed by atoms with van der Waals surface area (Å²) in [6.45, 7) is 4.30. The van der Waals surface area contributed by atoms with E-state index in [4.69, 9.17) is 4.74 Å². The van der Waals surface area contributed by atoms with Crippen molar-refractivity contribution in [2.45, 2.75) is 26.4 Å². The number of nitrogens with one attached hydrogen (secondary N) is 1. The van der Waals surface area contributed by atoms with Gasteiger partial charge in [0.25, 0.3) is 11.8 Å². The molecule has 0 fully saturated rings. The monoisotopic (exact) mass is 344 g/mol. The zero-order valence-electron chi connectivity index (χ0n) is 14.0. The average molecular weight is 344 g/mol. The van der Waals surface area contributed by atoms with Gasteiger partial charge in [0, 0.05) is 11.9 Å². The van der Waals surface area contributed by atoms with Crippen LogP contribution in [0.3, 0.4) is 0 Å². The smallest absolute Gasteiger partial charge is 0.268 e. The van der Waals surface area contributed by atoms with E-state index in [-0.39, 0.29) is 18.4 Å². The number of benzene rings is 1. The number of likely N-dealkylation sites (N-methyl/N-ethyl adjacent to an activating group) is 1.